The zero-order valence-corrected chi connectivity index (χ0v) is 12.7. The maximum Gasteiger partial charge on any atom is 0.169 e. The molecule has 0 bridgehead atoms. The van der Waals surface area contributed by atoms with Crippen molar-refractivity contribution in [3.05, 3.63) is 57.9 Å². The van der Waals surface area contributed by atoms with Gasteiger partial charge in [0.15, 0.2) is 16.1 Å². The van der Waals surface area contributed by atoms with Crippen LogP contribution in [0.3, 0.4) is 0 Å². The number of nitrogens with two attached hydrogens (primary N) is 1. The van der Waals surface area contributed by atoms with Gasteiger partial charge in [-0.1, -0.05) is 23.7 Å². The van der Waals surface area contributed by atoms with Crippen LogP contribution in [0.2, 0.25) is 5.02 Å². The van der Waals surface area contributed by atoms with E-state index in [0.29, 0.717) is 33.4 Å². The molecule has 0 aliphatic carbocycles. The Morgan fingerprint density at radius 2 is 2.15 bits per heavy atom. The highest BCUT2D eigenvalue weighted by Gasteiger charge is 2.12. The minimum atomic E-state index is 0.578. The number of hydrogen-bond donors (Lipinski definition) is 1. The van der Waals surface area contributed by atoms with Gasteiger partial charge in [0.05, 0.1) is 12.2 Å². The molecule has 0 saturated carbocycles. The molecule has 2 N–H and O–H groups in total. The van der Waals surface area contributed by atoms with E-state index in [1.807, 2.05) is 36.4 Å². The second kappa shape index (κ2) is 5.34. The van der Waals surface area contributed by atoms with E-state index in [9.17, 15) is 0 Å². The van der Waals surface area contributed by atoms with Crippen LogP contribution in [0.5, 0.6) is 0 Å². The third kappa shape index (κ3) is 2.73. The maximum atomic E-state index is 5.98. The Kier molecular flexibility index (Phi) is 3.54. The molecule has 6 heteroatoms. The second-order valence-corrected chi connectivity index (χ2v) is 5.58. The molecule has 3 rings (SSSR count). The van der Waals surface area contributed by atoms with E-state index in [0.717, 1.165) is 5.56 Å². The average Bonchev–Trinajstić information content (AvgIpc) is 2.96. The Balaban J connectivity index is 1.89. The van der Waals surface area contributed by atoms with E-state index in [2.05, 4.69) is 21.0 Å². The number of rotatable bonds is 3. The summed E-state index contributed by atoms with van der Waals surface area (Å²) in [7, 11) is 0. The number of aromatic nitrogens is 2. The fraction of sp³-hybridized carbons (Fsp3) is 0.0714. The predicted octanol–water partition coefficient (Wildman–Crippen LogP) is 4.19. The van der Waals surface area contributed by atoms with Crippen molar-refractivity contribution >= 4 is 33.2 Å². The van der Waals surface area contributed by atoms with Gasteiger partial charge in [0, 0.05) is 11.2 Å². The quantitative estimate of drug-likeness (QED) is 0.769. The highest BCUT2D eigenvalue weighted by atomic mass is 79.9. The van der Waals surface area contributed by atoms with Crippen LogP contribution < -0.4 is 5.73 Å². The second-order valence-electron chi connectivity index (χ2n) is 4.36. The summed E-state index contributed by atoms with van der Waals surface area (Å²) in [6, 6.07) is 11.3. The van der Waals surface area contributed by atoms with Crippen molar-refractivity contribution in [1.29, 1.82) is 0 Å². The van der Waals surface area contributed by atoms with Crippen LogP contribution >= 0.6 is 27.5 Å². The molecule has 0 spiro atoms. The molecule has 0 aliphatic heterocycles. The lowest BCUT2D eigenvalue weighted by Crippen LogP contribution is -2.00. The van der Waals surface area contributed by atoms with E-state index in [1.165, 1.54) is 0 Å². The number of anilines is 1. The molecule has 0 saturated heterocycles. The summed E-state index contributed by atoms with van der Waals surface area (Å²) in [5.41, 5.74) is 8.26. The van der Waals surface area contributed by atoms with E-state index in [4.69, 9.17) is 21.8 Å². The highest BCUT2D eigenvalue weighted by Crippen LogP contribution is 2.28. The number of nitrogen functional groups attached to an aromatic ring is 1. The van der Waals surface area contributed by atoms with Crippen LogP contribution in [0, 0.1) is 0 Å². The van der Waals surface area contributed by atoms with Crippen LogP contribution in [0.25, 0.3) is 11.5 Å². The first-order chi connectivity index (χ1) is 9.61. The minimum Gasteiger partial charge on any atom is -0.448 e. The first-order valence-corrected chi connectivity index (χ1v) is 7.12. The van der Waals surface area contributed by atoms with Crippen LogP contribution in [0.1, 0.15) is 5.56 Å². The Morgan fingerprint density at radius 3 is 2.85 bits per heavy atom. The molecule has 0 radical (unpaired) electrons. The van der Waals surface area contributed by atoms with E-state index >= 15 is 0 Å². The molecule has 3 aromatic rings. The Bertz CT molecular complexity index is 750. The fourth-order valence-corrected chi connectivity index (χ4v) is 2.49. The van der Waals surface area contributed by atoms with Crippen LogP contribution in [0.15, 0.2) is 51.7 Å². The lowest BCUT2D eigenvalue weighted by atomic mass is 10.2. The number of furan rings is 1. The third-order valence-electron chi connectivity index (χ3n) is 2.83. The third-order valence-corrected chi connectivity index (χ3v) is 3.49. The number of hydrogen-bond acceptors (Lipinski definition) is 3. The summed E-state index contributed by atoms with van der Waals surface area (Å²) >= 11 is 9.24. The fourth-order valence-electron chi connectivity index (χ4n) is 1.97. The molecule has 102 valence electrons. The largest absolute Gasteiger partial charge is 0.448 e. The van der Waals surface area contributed by atoms with Gasteiger partial charge in [-0.25, -0.2) is 0 Å². The molecule has 0 atom stereocenters. The monoisotopic (exact) mass is 351 g/mol. The molecule has 0 fully saturated rings. The summed E-state index contributed by atoms with van der Waals surface area (Å²) in [5.74, 6) is 0.638. The normalized spacial score (nSPS) is 10.9. The summed E-state index contributed by atoms with van der Waals surface area (Å²) in [6.45, 7) is 0.604. The summed E-state index contributed by atoms with van der Waals surface area (Å²) in [6.07, 6.45) is 1.78. The van der Waals surface area contributed by atoms with Gasteiger partial charge in [-0.05, 0) is 45.8 Å². The highest BCUT2D eigenvalue weighted by molar-refractivity contribution is 9.10. The van der Waals surface area contributed by atoms with Crippen molar-refractivity contribution < 1.29 is 4.42 Å². The van der Waals surface area contributed by atoms with Crippen molar-refractivity contribution in [3.63, 3.8) is 0 Å². The van der Waals surface area contributed by atoms with E-state index < -0.39 is 0 Å². The molecular weight excluding hydrogens is 342 g/mol. The zero-order valence-electron chi connectivity index (χ0n) is 10.4. The van der Waals surface area contributed by atoms with Gasteiger partial charge in [0.1, 0.15) is 0 Å². The van der Waals surface area contributed by atoms with Crippen molar-refractivity contribution in [2.75, 3.05) is 5.73 Å². The molecule has 2 aromatic heterocycles. The van der Waals surface area contributed by atoms with Crippen molar-refractivity contribution in [3.8, 4) is 11.5 Å². The number of halogens is 2. The van der Waals surface area contributed by atoms with Gasteiger partial charge in [-0.3, -0.25) is 4.68 Å². The minimum absolute atomic E-state index is 0.578. The van der Waals surface area contributed by atoms with Crippen molar-refractivity contribution in [2.24, 2.45) is 0 Å². The van der Waals surface area contributed by atoms with E-state index in [-0.39, 0.29) is 0 Å². The smallest absolute Gasteiger partial charge is 0.169 e. The van der Waals surface area contributed by atoms with Gasteiger partial charge in [-0.15, -0.1) is 0 Å². The standard InChI is InChI=1S/C14H11BrClN3O/c15-13-5-4-12(20-13)14-11(17)8-19(18-14)7-9-2-1-3-10(16)6-9/h1-6,8H,7,17H2. The van der Waals surface area contributed by atoms with Crippen LogP contribution in [0.4, 0.5) is 5.69 Å². The molecule has 0 unspecified atom stereocenters. The molecular formula is C14H11BrClN3O. The number of benzene rings is 1. The molecule has 1 aromatic carbocycles. The Hall–Kier alpha value is -1.72. The SMILES string of the molecule is Nc1cn(Cc2cccc(Cl)c2)nc1-c1ccc(Br)o1. The van der Waals surface area contributed by atoms with E-state index in [1.54, 1.807) is 10.9 Å². The lowest BCUT2D eigenvalue weighted by molar-refractivity contribution is 0.551. The average molecular weight is 353 g/mol. The molecule has 20 heavy (non-hydrogen) atoms. The predicted molar refractivity (Wildman–Crippen MR) is 82.6 cm³/mol. The van der Waals surface area contributed by atoms with Crippen molar-refractivity contribution in [2.45, 2.75) is 6.54 Å². The van der Waals surface area contributed by atoms with Gasteiger partial charge in [0.2, 0.25) is 0 Å². The molecule has 4 nitrogen and oxygen atoms in total. The summed E-state index contributed by atoms with van der Waals surface area (Å²) < 4.78 is 7.89. The lowest BCUT2D eigenvalue weighted by Gasteiger charge is -2.01. The summed E-state index contributed by atoms with van der Waals surface area (Å²) in [4.78, 5) is 0. The molecule has 0 aliphatic rings. The first kappa shape index (κ1) is 13.3. The summed E-state index contributed by atoms with van der Waals surface area (Å²) in [5, 5.41) is 5.16. The maximum absolute atomic E-state index is 5.98. The molecule has 2 heterocycles. The van der Waals surface area contributed by atoms with Gasteiger partial charge < -0.3 is 10.2 Å². The van der Waals surface area contributed by atoms with Gasteiger partial charge in [-0.2, -0.15) is 5.10 Å². The Morgan fingerprint density at radius 1 is 1.30 bits per heavy atom. The Labute approximate surface area is 129 Å². The van der Waals surface area contributed by atoms with Gasteiger partial charge in [0.25, 0.3) is 0 Å². The first-order valence-electron chi connectivity index (χ1n) is 5.95. The molecule has 0 amide bonds. The van der Waals surface area contributed by atoms with Crippen LogP contribution in [-0.2, 0) is 6.54 Å². The topological polar surface area (TPSA) is 57.0 Å². The number of nitrogens with zero attached hydrogens (tertiary/aromatic N) is 2. The van der Waals surface area contributed by atoms with Crippen LogP contribution in [-0.4, -0.2) is 9.78 Å². The van der Waals surface area contributed by atoms with Gasteiger partial charge >= 0.3 is 0 Å². The zero-order chi connectivity index (χ0) is 14.1. The van der Waals surface area contributed by atoms with Crippen molar-refractivity contribution in [1.82, 2.24) is 9.78 Å².